The Morgan fingerprint density at radius 3 is 2.26 bits per heavy atom. The van der Waals surface area contributed by atoms with Gasteiger partial charge in [0.25, 0.3) is 5.91 Å². The molecule has 1 atom stereocenters. The molecule has 0 aliphatic carbocycles. The first-order valence-electron chi connectivity index (χ1n) is 8.86. The van der Waals surface area contributed by atoms with E-state index < -0.39 is 12.0 Å². The van der Waals surface area contributed by atoms with E-state index in [1.807, 2.05) is 36.4 Å². The second kappa shape index (κ2) is 8.71. The highest BCUT2D eigenvalue weighted by molar-refractivity contribution is 5.96. The number of carbonyl (C=O) groups is 2. The molecule has 27 heavy (non-hydrogen) atoms. The smallest absolute Gasteiger partial charge is 0.328 e. The molecule has 0 heterocycles. The second-order valence-electron chi connectivity index (χ2n) is 7.43. The van der Waals surface area contributed by atoms with Gasteiger partial charge in [-0.2, -0.15) is 0 Å². The van der Waals surface area contributed by atoms with Crippen LogP contribution < -0.4 is 10.1 Å². The van der Waals surface area contributed by atoms with Gasteiger partial charge in [-0.05, 0) is 40.8 Å². The summed E-state index contributed by atoms with van der Waals surface area (Å²) >= 11 is 0. The molecule has 2 aromatic rings. The van der Waals surface area contributed by atoms with Crippen molar-refractivity contribution in [1.29, 1.82) is 0 Å². The Balaban J connectivity index is 2.15. The molecule has 0 bridgehead atoms. The van der Waals surface area contributed by atoms with Crippen LogP contribution in [0.15, 0.2) is 48.5 Å². The van der Waals surface area contributed by atoms with Crippen molar-refractivity contribution in [3.63, 3.8) is 0 Å². The predicted molar refractivity (Wildman–Crippen MR) is 105 cm³/mol. The van der Waals surface area contributed by atoms with Gasteiger partial charge in [-0.1, -0.05) is 45.0 Å². The Bertz CT molecular complexity index is 791. The van der Waals surface area contributed by atoms with Crippen LogP contribution >= 0.6 is 0 Å². The third-order valence-electron chi connectivity index (χ3n) is 4.38. The Morgan fingerprint density at radius 1 is 1.04 bits per heavy atom. The maximum Gasteiger partial charge on any atom is 0.328 e. The first kappa shape index (κ1) is 20.5. The third-order valence-corrected chi connectivity index (χ3v) is 4.38. The van der Waals surface area contributed by atoms with Gasteiger partial charge in [0.05, 0.1) is 14.2 Å². The summed E-state index contributed by atoms with van der Waals surface area (Å²) in [6, 6.07) is 14.0. The number of carbonyl (C=O) groups excluding carboxylic acids is 2. The van der Waals surface area contributed by atoms with Crippen molar-refractivity contribution in [1.82, 2.24) is 5.32 Å². The molecule has 1 N–H and O–H groups in total. The lowest BCUT2D eigenvalue weighted by atomic mass is 9.86. The van der Waals surface area contributed by atoms with Gasteiger partial charge in [0.1, 0.15) is 11.8 Å². The molecule has 0 saturated heterocycles. The lowest BCUT2D eigenvalue weighted by Crippen LogP contribution is -2.43. The van der Waals surface area contributed by atoms with E-state index in [1.54, 1.807) is 19.2 Å². The molecule has 2 rings (SSSR count). The summed E-state index contributed by atoms with van der Waals surface area (Å²) in [6.45, 7) is 6.34. The summed E-state index contributed by atoms with van der Waals surface area (Å²) in [5.41, 5.74) is 2.52. The van der Waals surface area contributed by atoms with Gasteiger partial charge >= 0.3 is 5.97 Å². The Hall–Kier alpha value is -2.82. The van der Waals surface area contributed by atoms with Crippen molar-refractivity contribution in [2.45, 2.75) is 38.6 Å². The van der Waals surface area contributed by atoms with Crippen LogP contribution in [0.3, 0.4) is 0 Å². The minimum Gasteiger partial charge on any atom is -0.497 e. The molecular formula is C22H27NO4. The van der Waals surface area contributed by atoms with Crippen LogP contribution in [0.25, 0.3) is 0 Å². The van der Waals surface area contributed by atoms with Gasteiger partial charge in [-0.25, -0.2) is 4.79 Å². The summed E-state index contributed by atoms with van der Waals surface area (Å²) in [5.74, 6) is -0.105. The predicted octanol–water partition coefficient (Wildman–Crippen LogP) is 3.51. The summed E-state index contributed by atoms with van der Waals surface area (Å²) in [7, 11) is 2.89. The number of nitrogens with one attached hydrogen (secondary N) is 1. The maximum absolute atomic E-state index is 12.6. The van der Waals surface area contributed by atoms with E-state index >= 15 is 0 Å². The van der Waals surface area contributed by atoms with Gasteiger partial charge in [-0.3, -0.25) is 4.79 Å². The third kappa shape index (κ3) is 5.58. The highest BCUT2D eigenvalue weighted by atomic mass is 16.5. The van der Waals surface area contributed by atoms with E-state index in [4.69, 9.17) is 9.47 Å². The van der Waals surface area contributed by atoms with E-state index in [9.17, 15) is 9.59 Å². The van der Waals surface area contributed by atoms with Crippen molar-refractivity contribution in [3.05, 3.63) is 65.2 Å². The molecule has 0 aromatic heterocycles. The van der Waals surface area contributed by atoms with Crippen molar-refractivity contribution in [3.8, 4) is 5.75 Å². The molecule has 0 unspecified atom stereocenters. The van der Waals surface area contributed by atoms with E-state index in [1.165, 1.54) is 7.11 Å². The molecular weight excluding hydrogens is 342 g/mol. The monoisotopic (exact) mass is 369 g/mol. The molecule has 5 nitrogen and oxygen atoms in total. The summed E-state index contributed by atoms with van der Waals surface area (Å²) in [6.07, 6.45) is 0.315. The maximum atomic E-state index is 12.6. The van der Waals surface area contributed by atoms with Crippen LogP contribution in [0.4, 0.5) is 0 Å². The largest absolute Gasteiger partial charge is 0.497 e. The lowest BCUT2D eigenvalue weighted by Gasteiger charge is -2.20. The minimum absolute atomic E-state index is 0.00984. The molecule has 1 amide bonds. The zero-order chi connectivity index (χ0) is 20.0. The summed E-state index contributed by atoms with van der Waals surface area (Å²) in [5, 5.41) is 2.77. The molecule has 0 radical (unpaired) electrons. The number of methoxy groups -OCH3 is 2. The van der Waals surface area contributed by atoms with Crippen LogP contribution in [0.2, 0.25) is 0 Å². The van der Waals surface area contributed by atoms with Crippen LogP contribution in [-0.4, -0.2) is 32.1 Å². The number of benzene rings is 2. The number of ether oxygens (including phenoxy) is 2. The zero-order valence-electron chi connectivity index (χ0n) is 16.5. The fourth-order valence-electron chi connectivity index (χ4n) is 2.73. The fraction of sp³-hybridized carbons (Fsp3) is 0.364. The average molecular weight is 369 g/mol. The van der Waals surface area contributed by atoms with Crippen molar-refractivity contribution >= 4 is 11.9 Å². The number of esters is 1. The molecule has 2 aromatic carbocycles. The van der Waals surface area contributed by atoms with Crippen LogP contribution in [-0.2, 0) is 21.4 Å². The Kier molecular flexibility index (Phi) is 6.61. The Labute approximate surface area is 160 Å². The average Bonchev–Trinajstić information content (AvgIpc) is 2.66. The number of hydrogen-bond donors (Lipinski definition) is 1. The minimum atomic E-state index is -0.781. The number of rotatable bonds is 6. The van der Waals surface area contributed by atoms with Crippen LogP contribution in [0.5, 0.6) is 5.75 Å². The zero-order valence-corrected chi connectivity index (χ0v) is 16.5. The first-order chi connectivity index (χ1) is 12.7. The first-order valence-corrected chi connectivity index (χ1v) is 8.86. The van der Waals surface area contributed by atoms with Gasteiger partial charge in [0.15, 0.2) is 0 Å². The summed E-state index contributed by atoms with van der Waals surface area (Å²) in [4.78, 5) is 24.8. The highest BCUT2D eigenvalue weighted by Gasteiger charge is 2.23. The lowest BCUT2D eigenvalue weighted by molar-refractivity contribution is -0.142. The molecule has 144 valence electrons. The van der Waals surface area contributed by atoms with Crippen molar-refractivity contribution < 1.29 is 19.1 Å². The fourth-order valence-corrected chi connectivity index (χ4v) is 2.73. The SMILES string of the molecule is COC(=O)[C@H](Cc1cccc(OC)c1)NC(=O)c1ccc(C(C)(C)C)cc1. The quantitative estimate of drug-likeness (QED) is 0.792. The highest BCUT2D eigenvalue weighted by Crippen LogP contribution is 2.22. The molecule has 0 saturated carbocycles. The van der Waals surface area contributed by atoms with Gasteiger partial charge in [-0.15, -0.1) is 0 Å². The van der Waals surface area contributed by atoms with Gasteiger partial charge in [0.2, 0.25) is 0 Å². The van der Waals surface area contributed by atoms with E-state index in [0.29, 0.717) is 17.7 Å². The number of hydrogen-bond acceptors (Lipinski definition) is 4. The van der Waals surface area contributed by atoms with Crippen molar-refractivity contribution in [2.24, 2.45) is 0 Å². The van der Waals surface area contributed by atoms with Crippen LogP contribution in [0.1, 0.15) is 42.3 Å². The van der Waals surface area contributed by atoms with Crippen molar-refractivity contribution in [2.75, 3.05) is 14.2 Å². The van der Waals surface area contributed by atoms with E-state index in [-0.39, 0.29) is 11.3 Å². The second-order valence-corrected chi connectivity index (χ2v) is 7.43. The number of amides is 1. The summed E-state index contributed by atoms with van der Waals surface area (Å²) < 4.78 is 10.1. The molecule has 0 aliphatic rings. The van der Waals surface area contributed by atoms with Crippen LogP contribution in [0, 0.1) is 0 Å². The Morgan fingerprint density at radius 2 is 1.70 bits per heavy atom. The van der Waals surface area contributed by atoms with E-state index in [0.717, 1.165) is 11.1 Å². The standard InChI is InChI=1S/C22H27NO4/c1-22(2,3)17-11-9-16(10-12-17)20(24)23-19(21(25)27-5)14-15-7-6-8-18(13-15)26-4/h6-13,19H,14H2,1-5H3,(H,23,24)/t19-/m0/s1. The normalized spacial score (nSPS) is 12.2. The molecule has 0 aliphatic heterocycles. The molecule has 0 fully saturated rings. The van der Waals surface area contributed by atoms with E-state index in [2.05, 4.69) is 26.1 Å². The van der Waals surface area contributed by atoms with Gasteiger partial charge < -0.3 is 14.8 Å². The molecule has 0 spiro atoms. The molecule has 5 heteroatoms. The van der Waals surface area contributed by atoms with Gasteiger partial charge in [0, 0.05) is 12.0 Å². The topological polar surface area (TPSA) is 64.6 Å².